The monoisotopic (exact) mass is 234 g/mol. The van der Waals surface area contributed by atoms with Gasteiger partial charge in [0, 0.05) is 0 Å². The van der Waals surface area contributed by atoms with Crippen molar-refractivity contribution in [2.75, 3.05) is 0 Å². The predicted molar refractivity (Wildman–Crippen MR) is 57.6 cm³/mol. The van der Waals surface area contributed by atoms with Crippen molar-refractivity contribution in [2.45, 2.75) is 64.3 Å². The molecule has 16 heavy (non-hydrogen) atoms. The fourth-order valence-electron chi connectivity index (χ4n) is 1.79. The summed E-state index contributed by atoms with van der Waals surface area (Å²) in [6.07, 6.45) is -4.64. The van der Waals surface area contributed by atoms with E-state index in [2.05, 4.69) is 0 Å². The molecular weight excluding hydrogens is 212 g/mol. The molecule has 0 radical (unpaired) electrons. The van der Waals surface area contributed by atoms with E-state index in [-0.39, 0.29) is 5.41 Å². The average molecular weight is 234 g/mol. The Morgan fingerprint density at radius 2 is 1.56 bits per heavy atom. The molecule has 0 aromatic heterocycles. The van der Waals surface area contributed by atoms with Crippen LogP contribution in [0.4, 0.5) is 0 Å². The first-order valence-corrected chi connectivity index (χ1v) is 5.66. The smallest absolute Gasteiger partial charge is 0.183 e. The van der Waals surface area contributed by atoms with E-state index in [1.165, 1.54) is 0 Å². The van der Waals surface area contributed by atoms with Gasteiger partial charge in [-0.2, -0.15) is 0 Å². The lowest BCUT2D eigenvalue weighted by atomic mass is 9.81. The Labute approximate surface area is 95.7 Å². The zero-order valence-corrected chi connectivity index (χ0v) is 10.00. The Balaban J connectivity index is 2.67. The zero-order valence-electron chi connectivity index (χ0n) is 10.00. The molecule has 1 heterocycles. The highest BCUT2D eigenvalue weighted by Crippen LogP contribution is 2.32. The molecule has 96 valence electrons. The fraction of sp³-hybridized carbons (Fsp3) is 1.00. The molecule has 0 aliphatic carbocycles. The summed E-state index contributed by atoms with van der Waals surface area (Å²) in [4.78, 5) is 0. The number of hydrogen-bond donors (Lipinski definition) is 4. The SMILES string of the molecule is CCC(C)(C)C[C@H]1O[C@@H](O)[C@H](O)[C@@H](O)[C@@H]1O. The summed E-state index contributed by atoms with van der Waals surface area (Å²) in [6, 6.07) is 0. The lowest BCUT2D eigenvalue weighted by molar-refractivity contribution is -0.286. The molecule has 0 aromatic carbocycles. The summed E-state index contributed by atoms with van der Waals surface area (Å²) in [5.41, 5.74) is -0.0482. The van der Waals surface area contributed by atoms with Gasteiger partial charge in [0.2, 0.25) is 0 Å². The molecule has 0 unspecified atom stereocenters. The molecule has 5 nitrogen and oxygen atoms in total. The van der Waals surface area contributed by atoms with Gasteiger partial charge in [-0.25, -0.2) is 0 Å². The molecule has 0 amide bonds. The largest absolute Gasteiger partial charge is 0.388 e. The molecule has 0 spiro atoms. The highest BCUT2D eigenvalue weighted by atomic mass is 16.6. The standard InChI is InChI=1S/C11H22O5/c1-4-11(2,3)5-6-7(12)8(13)9(14)10(15)16-6/h6-10,12-15H,4-5H2,1-3H3/t6-,7-,8+,9-,10-/m1/s1. The summed E-state index contributed by atoms with van der Waals surface area (Å²) in [5, 5.41) is 37.9. The van der Waals surface area contributed by atoms with Crippen LogP contribution in [0.2, 0.25) is 0 Å². The van der Waals surface area contributed by atoms with Crippen molar-refractivity contribution in [3.63, 3.8) is 0 Å². The van der Waals surface area contributed by atoms with E-state index >= 15 is 0 Å². The normalized spacial score (nSPS) is 41.1. The second-order valence-electron chi connectivity index (χ2n) is 5.26. The summed E-state index contributed by atoms with van der Waals surface area (Å²) < 4.78 is 5.11. The van der Waals surface area contributed by atoms with Crippen LogP contribution in [0.1, 0.15) is 33.6 Å². The van der Waals surface area contributed by atoms with E-state index in [4.69, 9.17) is 4.74 Å². The molecule has 0 aromatic rings. The maximum atomic E-state index is 9.74. The van der Waals surface area contributed by atoms with E-state index in [9.17, 15) is 20.4 Å². The highest BCUT2D eigenvalue weighted by Gasteiger charge is 2.44. The minimum atomic E-state index is -1.45. The highest BCUT2D eigenvalue weighted by molar-refractivity contribution is 4.90. The Morgan fingerprint density at radius 1 is 1.00 bits per heavy atom. The van der Waals surface area contributed by atoms with E-state index < -0.39 is 30.7 Å². The summed E-state index contributed by atoms with van der Waals surface area (Å²) in [7, 11) is 0. The van der Waals surface area contributed by atoms with Gasteiger partial charge in [0.15, 0.2) is 6.29 Å². The lowest BCUT2D eigenvalue weighted by Crippen LogP contribution is -2.58. The van der Waals surface area contributed by atoms with Crippen molar-refractivity contribution in [3.05, 3.63) is 0 Å². The molecule has 1 saturated heterocycles. The molecule has 5 heteroatoms. The van der Waals surface area contributed by atoms with Gasteiger partial charge >= 0.3 is 0 Å². The van der Waals surface area contributed by atoms with Crippen molar-refractivity contribution in [3.8, 4) is 0 Å². The van der Waals surface area contributed by atoms with Crippen LogP contribution in [0, 0.1) is 5.41 Å². The third-order valence-electron chi connectivity index (χ3n) is 3.40. The topological polar surface area (TPSA) is 90.2 Å². The average Bonchev–Trinajstić information content (AvgIpc) is 2.22. The van der Waals surface area contributed by atoms with Gasteiger partial charge < -0.3 is 25.2 Å². The van der Waals surface area contributed by atoms with Gasteiger partial charge in [0.25, 0.3) is 0 Å². The molecule has 1 aliphatic rings. The van der Waals surface area contributed by atoms with Gasteiger partial charge in [0.1, 0.15) is 18.3 Å². The van der Waals surface area contributed by atoms with Gasteiger partial charge in [-0.15, -0.1) is 0 Å². The second-order valence-corrected chi connectivity index (χ2v) is 5.26. The Kier molecular flexibility index (Phi) is 4.31. The molecule has 1 aliphatic heterocycles. The van der Waals surface area contributed by atoms with Crippen LogP contribution in [0.25, 0.3) is 0 Å². The molecule has 0 bridgehead atoms. The number of rotatable bonds is 3. The number of ether oxygens (including phenoxy) is 1. The minimum absolute atomic E-state index is 0.0482. The van der Waals surface area contributed by atoms with Gasteiger partial charge in [-0.3, -0.25) is 0 Å². The van der Waals surface area contributed by atoms with Crippen LogP contribution in [-0.4, -0.2) is 51.1 Å². The predicted octanol–water partition coefficient (Wildman–Crippen LogP) is -0.387. The van der Waals surface area contributed by atoms with Crippen LogP contribution < -0.4 is 0 Å². The van der Waals surface area contributed by atoms with E-state index in [0.29, 0.717) is 6.42 Å². The molecule has 0 saturated carbocycles. The molecule has 1 fully saturated rings. The van der Waals surface area contributed by atoms with Gasteiger partial charge in [0.05, 0.1) is 6.10 Å². The molecule has 4 N–H and O–H groups in total. The van der Waals surface area contributed by atoms with Crippen molar-refractivity contribution >= 4 is 0 Å². The summed E-state index contributed by atoms with van der Waals surface area (Å²) >= 11 is 0. The Hall–Kier alpha value is -0.200. The van der Waals surface area contributed by atoms with Crippen molar-refractivity contribution < 1.29 is 25.2 Å². The molecular formula is C11H22O5. The fourth-order valence-corrected chi connectivity index (χ4v) is 1.79. The van der Waals surface area contributed by atoms with Crippen LogP contribution >= 0.6 is 0 Å². The number of hydrogen-bond acceptors (Lipinski definition) is 5. The quantitative estimate of drug-likeness (QED) is 0.534. The van der Waals surface area contributed by atoms with Crippen molar-refractivity contribution in [2.24, 2.45) is 5.41 Å². The third-order valence-corrected chi connectivity index (χ3v) is 3.40. The maximum absolute atomic E-state index is 9.74. The van der Waals surface area contributed by atoms with E-state index in [1.807, 2.05) is 20.8 Å². The Bertz CT molecular complexity index is 230. The first kappa shape index (κ1) is 13.9. The molecule has 5 atom stereocenters. The van der Waals surface area contributed by atoms with Crippen molar-refractivity contribution in [1.82, 2.24) is 0 Å². The van der Waals surface area contributed by atoms with Crippen LogP contribution in [0.5, 0.6) is 0 Å². The lowest BCUT2D eigenvalue weighted by Gasteiger charge is -2.41. The zero-order chi connectivity index (χ0) is 12.5. The van der Waals surface area contributed by atoms with Gasteiger partial charge in [-0.1, -0.05) is 27.2 Å². The molecule has 1 rings (SSSR count). The Morgan fingerprint density at radius 3 is 2.06 bits per heavy atom. The summed E-state index contributed by atoms with van der Waals surface area (Å²) in [6.45, 7) is 6.07. The maximum Gasteiger partial charge on any atom is 0.183 e. The van der Waals surface area contributed by atoms with E-state index in [1.54, 1.807) is 0 Å². The van der Waals surface area contributed by atoms with Crippen LogP contribution in [0.15, 0.2) is 0 Å². The van der Waals surface area contributed by atoms with E-state index in [0.717, 1.165) is 6.42 Å². The summed E-state index contributed by atoms with van der Waals surface area (Å²) in [5.74, 6) is 0. The van der Waals surface area contributed by atoms with Gasteiger partial charge in [-0.05, 0) is 11.8 Å². The third kappa shape index (κ3) is 2.93. The van der Waals surface area contributed by atoms with Crippen molar-refractivity contribution in [1.29, 1.82) is 0 Å². The first-order valence-electron chi connectivity index (χ1n) is 5.66. The van der Waals surface area contributed by atoms with Crippen LogP contribution in [0.3, 0.4) is 0 Å². The first-order chi connectivity index (χ1) is 7.28. The number of aliphatic hydroxyl groups excluding tert-OH is 4. The minimum Gasteiger partial charge on any atom is -0.388 e. The number of aliphatic hydroxyl groups is 4. The van der Waals surface area contributed by atoms with Crippen LogP contribution in [-0.2, 0) is 4.74 Å². The second kappa shape index (κ2) is 4.98.